The number of amides is 1. The Morgan fingerprint density at radius 2 is 1.95 bits per heavy atom. The van der Waals surface area contributed by atoms with Crippen molar-refractivity contribution in [1.29, 1.82) is 0 Å². The van der Waals surface area contributed by atoms with Gasteiger partial charge in [-0.2, -0.15) is 0 Å². The maximum Gasteiger partial charge on any atom is 0.223 e. The van der Waals surface area contributed by atoms with E-state index in [9.17, 15) is 4.79 Å². The lowest BCUT2D eigenvalue weighted by Gasteiger charge is -2.12. The third-order valence-corrected chi connectivity index (χ3v) is 4.67. The number of rotatable bonds is 4. The molecule has 1 atom stereocenters. The fourth-order valence-electron chi connectivity index (χ4n) is 3.45. The van der Waals surface area contributed by atoms with Crippen LogP contribution in [0, 0.1) is 5.92 Å². The molecule has 2 aliphatic carbocycles. The van der Waals surface area contributed by atoms with Crippen LogP contribution in [-0.2, 0) is 11.2 Å². The van der Waals surface area contributed by atoms with Crippen LogP contribution in [-0.4, -0.2) is 12.5 Å². The molecule has 0 spiro atoms. The van der Waals surface area contributed by atoms with Crippen LogP contribution in [0.15, 0.2) is 36.4 Å². The van der Waals surface area contributed by atoms with Crippen molar-refractivity contribution >= 4 is 16.7 Å². The molecule has 0 aromatic heterocycles. The van der Waals surface area contributed by atoms with Crippen molar-refractivity contribution < 1.29 is 4.79 Å². The molecule has 2 aliphatic rings. The third kappa shape index (κ3) is 2.00. The summed E-state index contributed by atoms with van der Waals surface area (Å²) in [5.74, 6) is 1.15. The smallest absolute Gasteiger partial charge is 0.223 e. The summed E-state index contributed by atoms with van der Waals surface area (Å²) in [7, 11) is 0. The largest absolute Gasteiger partial charge is 0.356 e. The summed E-state index contributed by atoms with van der Waals surface area (Å²) in [6, 6.07) is 13.2. The van der Waals surface area contributed by atoms with Crippen LogP contribution in [0.3, 0.4) is 0 Å². The molecule has 2 heteroatoms. The molecular formula is C18H19NO. The fraction of sp³-hybridized carbons (Fsp3) is 0.389. The number of carbonyl (C=O) groups is 1. The van der Waals surface area contributed by atoms with Crippen molar-refractivity contribution in [2.45, 2.75) is 31.6 Å². The Labute approximate surface area is 119 Å². The van der Waals surface area contributed by atoms with E-state index >= 15 is 0 Å². The van der Waals surface area contributed by atoms with Gasteiger partial charge >= 0.3 is 0 Å². The molecule has 1 amide bonds. The predicted octanol–water partition coefficient (Wildman–Crippen LogP) is 3.40. The van der Waals surface area contributed by atoms with Gasteiger partial charge in [0.25, 0.3) is 0 Å². The first-order chi connectivity index (χ1) is 9.83. The summed E-state index contributed by atoms with van der Waals surface area (Å²) in [6.07, 6.45) is 4.34. The van der Waals surface area contributed by atoms with Crippen molar-refractivity contribution in [3.63, 3.8) is 0 Å². The highest BCUT2D eigenvalue weighted by Gasteiger charge is 2.29. The van der Waals surface area contributed by atoms with Crippen LogP contribution in [0.4, 0.5) is 0 Å². The van der Waals surface area contributed by atoms with E-state index in [-0.39, 0.29) is 5.91 Å². The van der Waals surface area contributed by atoms with Gasteiger partial charge < -0.3 is 5.32 Å². The second-order valence-electron chi connectivity index (χ2n) is 6.12. The first-order valence-electron chi connectivity index (χ1n) is 7.61. The Kier molecular flexibility index (Phi) is 2.76. The number of hydrogen-bond acceptors (Lipinski definition) is 1. The molecule has 2 aromatic rings. The maximum absolute atomic E-state index is 11.7. The van der Waals surface area contributed by atoms with E-state index < -0.39 is 0 Å². The zero-order valence-corrected chi connectivity index (χ0v) is 11.6. The number of carbonyl (C=O) groups excluding carboxylic acids is 1. The molecule has 1 fully saturated rings. The van der Waals surface area contributed by atoms with Crippen molar-refractivity contribution in [2.75, 3.05) is 6.54 Å². The number of hydrogen-bond donors (Lipinski definition) is 1. The van der Waals surface area contributed by atoms with Gasteiger partial charge in [-0.15, -0.1) is 0 Å². The molecule has 0 bridgehead atoms. The van der Waals surface area contributed by atoms with Crippen LogP contribution < -0.4 is 5.32 Å². The first-order valence-corrected chi connectivity index (χ1v) is 7.61. The topological polar surface area (TPSA) is 29.1 Å². The Hall–Kier alpha value is -1.83. The Balaban J connectivity index is 1.49. The van der Waals surface area contributed by atoms with Gasteiger partial charge in [-0.25, -0.2) is 0 Å². The van der Waals surface area contributed by atoms with E-state index in [2.05, 4.69) is 41.7 Å². The lowest BCUT2D eigenvalue weighted by molar-refractivity contribution is -0.122. The summed E-state index contributed by atoms with van der Waals surface area (Å²) in [5, 5.41) is 5.90. The minimum Gasteiger partial charge on any atom is -0.356 e. The minimum absolute atomic E-state index is 0.263. The molecule has 4 rings (SSSR count). The van der Waals surface area contributed by atoms with E-state index in [1.165, 1.54) is 21.9 Å². The van der Waals surface area contributed by atoms with E-state index in [1.54, 1.807) is 0 Å². The normalized spacial score (nSPS) is 20.3. The highest BCUT2D eigenvalue weighted by molar-refractivity contribution is 5.91. The van der Waals surface area contributed by atoms with Gasteiger partial charge in [-0.1, -0.05) is 36.4 Å². The van der Waals surface area contributed by atoms with Crippen molar-refractivity contribution in [1.82, 2.24) is 5.32 Å². The summed E-state index contributed by atoms with van der Waals surface area (Å²) in [6.45, 7) is 0.810. The standard InChI is InChI=1S/C18H19NO/c20-18(13-7-8-13)19-10-9-14-11-15-5-1-3-12-4-2-6-16(14)17(12)15/h1-6,13-14H,7-11H2,(H,19,20)/t14-/m0/s1. The molecule has 1 saturated carbocycles. The molecule has 0 saturated heterocycles. The van der Waals surface area contributed by atoms with Crippen molar-refractivity contribution in [2.24, 2.45) is 5.92 Å². The summed E-state index contributed by atoms with van der Waals surface area (Å²) in [5.41, 5.74) is 2.94. The molecule has 0 unspecified atom stereocenters. The molecule has 2 aromatic carbocycles. The van der Waals surface area contributed by atoms with E-state index in [4.69, 9.17) is 0 Å². The predicted molar refractivity (Wildman–Crippen MR) is 80.7 cm³/mol. The Morgan fingerprint density at radius 3 is 2.75 bits per heavy atom. The Morgan fingerprint density at radius 1 is 1.15 bits per heavy atom. The molecule has 1 N–H and O–H groups in total. The molecule has 20 heavy (non-hydrogen) atoms. The van der Waals surface area contributed by atoms with E-state index in [1.807, 2.05) is 0 Å². The number of nitrogens with one attached hydrogen (secondary N) is 1. The molecule has 102 valence electrons. The highest BCUT2D eigenvalue weighted by Crippen LogP contribution is 2.39. The SMILES string of the molecule is O=C(NCC[C@H]1Cc2cccc3cccc1c23)C1CC1. The van der Waals surface area contributed by atoms with Crippen molar-refractivity contribution in [3.8, 4) is 0 Å². The number of benzene rings is 2. The monoisotopic (exact) mass is 265 g/mol. The lowest BCUT2D eigenvalue weighted by Crippen LogP contribution is -2.26. The van der Waals surface area contributed by atoms with E-state index in [0.29, 0.717) is 11.8 Å². The zero-order chi connectivity index (χ0) is 13.5. The second-order valence-corrected chi connectivity index (χ2v) is 6.12. The van der Waals surface area contributed by atoms with Crippen LogP contribution >= 0.6 is 0 Å². The summed E-state index contributed by atoms with van der Waals surface area (Å²) >= 11 is 0. The second kappa shape index (κ2) is 4.62. The quantitative estimate of drug-likeness (QED) is 0.902. The maximum atomic E-state index is 11.7. The zero-order valence-electron chi connectivity index (χ0n) is 11.6. The molecule has 2 nitrogen and oxygen atoms in total. The highest BCUT2D eigenvalue weighted by atomic mass is 16.2. The molecule has 0 heterocycles. The average Bonchev–Trinajstić information content (AvgIpc) is 3.25. The van der Waals surface area contributed by atoms with E-state index in [0.717, 1.165) is 32.2 Å². The van der Waals surface area contributed by atoms with Gasteiger partial charge in [0.15, 0.2) is 0 Å². The van der Waals surface area contributed by atoms with Gasteiger partial charge in [0.1, 0.15) is 0 Å². The third-order valence-electron chi connectivity index (χ3n) is 4.67. The van der Waals surface area contributed by atoms with Crippen LogP contribution in [0.1, 0.15) is 36.3 Å². The summed E-state index contributed by atoms with van der Waals surface area (Å²) < 4.78 is 0. The Bertz CT molecular complexity index is 667. The van der Waals surface area contributed by atoms with Gasteiger partial charge in [0.05, 0.1) is 0 Å². The molecular weight excluding hydrogens is 246 g/mol. The van der Waals surface area contributed by atoms with Gasteiger partial charge in [-0.05, 0) is 53.5 Å². The van der Waals surface area contributed by atoms with Gasteiger partial charge in [0, 0.05) is 12.5 Å². The summed E-state index contributed by atoms with van der Waals surface area (Å²) in [4.78, 5) is 11.7. The molecule has 0 aliphatic heterocycles. The lowest BCUT2D eigenvalue weighted by atomic mass is 9.96. The van der Waals surface area contributed by atoms with Gasteiger partial charge in [-0.3, -0.25) is 4.79 Å². The minimum atomic E-state index is 0.263. The molecule has 0 radical (unpaired) electrons. The van der Waals surface area contributed by atoms with Crippen LogP contribution in [0.2, 0.25) is 0 Å². The van der Waals surface area contributed by atoms with Crippen molar-refractivity contribution in [3.05, 3.63) is 47.5 Å². The fourth-order valence-corrected chi connectivity index (χ4v) is 3.45. The van der Waals surface area contributed by atoms with Gasteiger partial charge in [0.2, 0.25) is 5.91 Å². The van der Waals surface area contributed by atoms with Crippen LogP contribution in [0.25, 0.3) is 10.8 Å². The average molecular weight is 265 g/mol. The van der Waals surface area contributed by atoms with Crippen LogP contribution in [0.5, 0.6) is 0 Å². The first kappa shape index (κ1) is 12.0.